The van der Waals surface area contributed by atoms with Crippen LogP contribution in [0.25, 0.3) is 22.4 Å². The van der Waals surface area contributed by atoms with Gasteiger partial charge in [-0.05, 0) is 61.9 Å². The summed E-state index contributed by atoms with van der Waals surface area (Å²) in [5.74, 6) is 0.760. The molecule has 6 nitrogen and oxygen atoms in total. The van der Waals surface area contributed by atoms with E-state index in [2.05, 4.69) is 20.5 Å². The standard InChI is InChI=1S/C24H24BrN3O3/c1-14-10-18(24(30)31)11-20-21(14)26-22(16-4-6-19(25)7-5-16)28(20)13-15-8-9-27(12-15)23(29)17-2-3-17/h4-7,10-11,15,17H,2-3,8-9,12-13H2,1H3,(H,30,31). The molecule has 2 aliphatic rings. The van der Waals surface area contributed by atoms with Crippen LogP contribution in [0.5, 0.6) is 0 Å². The summed E-state index contributed by atoms with van der Waals surface area (Å²) in [5.41, 5.74) is 3.77. The molecule has 0 spiro atoms. The van der Waals surface area contributed by atoms with Crippen LogP contribution in [0.15, 0.2) is 40.9 Å². The highest BCUT2D eigenvalue weighted by Gasteiger charge is 2.36. The van der Waals surface area contributed by atoms with E-state index in [-0.39, 0.29) is 11.5 Å². The average molecular weight is 482 g/mol. The second-order valence-corrected chi connectivity index (χ2v) is 9.65. The summed E-state index contributed by atoms with van der Waals surface area (Å²) in [5, 5.41) is 9.57. The number of likely N-dealkylation sites (tertiary alicyclic amines) is 1. The van der Waals surface area contributed by atoms with Gasteiger partial charge in [0.05, 0.1) is 16.6 Å². The number of aromatic nitrogens is 2. The van der Waals surface area contributed by atoms with Crippen molar-refractivity contribution in [3.8, 4) is 11.4 Å². The minimum atomic E-state index is -0.940. The number of carbonyl (C=O) groups is 2. The fourth-order valence-electron chi connectivity index (χ4n) is 4.55. The number of amides is 1. The average Bonchev–Trinajstić information content (AvgIpc) is 3.39. The van der Waals surface area contributed by atoms with Gasteiger partial charge in [-0.15, -0.1) is 0 Å². The van der Waals surface area contributed by atoms with Crippen LogP contribution < -0.4 is 0 Å². The highest BCUT2D eigenvalue weighted by Crippen LogP contribution is 2.34. The van der Waals surface area contributed by atoms with E-state index in [0.717, 1.165) is 64.8 Å². The first-order valence-corrected chi connectivity index (χ1v) is 11.5. The molecule has 1 aliphatic carbocycles. The minimum absolute atomic E-state index is 0.243. The van der Waals surface area contributed by atoms with Gasteiger partial charge in [0.1, 0.15) is 5.82 Å². The van der Waals surface area contributed by atoms with Crippen molar-refractivity contribution in [3.63, 3.8) is 0 Å². The molecule has 1 amide bonds. The number of rotatable bonds is 5. The lowest BCUT2D eigenvalue weighted by Gasteiger charge is -2.18. The predicted molar refractivity (Wildman–Crippen MR) is 122 cm³/mol. The number of hydrogen-bond acceptors (Lipinski definition) is 3. The molecular formula is C24H24BrN3O3. The molecule has 0 radical (unpaired) electrons. The lowest BCUT2D eigenvalue weighted by atomic mass is 10.1. The maximum atomic E-state index is 12.5. The van der Waals surface area contributed by atoms with Gasteiger partial charge in [-0.2, -0.15) is 0 Å². The molecule has 1 saturated heterocycles. The summed E-state index contributed by atoms with van der Waals surface area (Å²) in [6.45, 7) is 4.17. The molecule has 1 N–H and O–H groups in total. The smallest absolute Gasteiger partial charge is 0.335 e. The van der Waals surface area contributed by atoms with Gasteiger partial charge in [0.2, 0.25) is 5.91 Å². The van der Waals surface area contributed by atoms with Crippen molar-refractivity contribution in [2.45, 2.75) is 32.7 Å². The number of imidazole rings is 1. The van der Waals surface area contributed by atoms with Gasteiger partial charge < -0.3 is 14.6 Å². The number of halogens is 1. The molecule has 1 atom stereocenters. The summed E-state index contributed by atoms with van der Waals surface area (Å²) in [4.78, 5) is 31.1. The normalized spacial score (nSPS) is 18.6. The van der Waals surface area contributed by atoms with Crippen LogP contribution in [0.3, 0.4) is 0 Å². The molecular weight excluding hydrogens is 458 g/mol. The number of nitrogens with zero attached hydrogens (tertiary/aromatic N) is 3. The van der Waals surface area contributed by atoms with Gasteiger partial charge in [-0.3, -0.25) is 4.79 Å². The third-order valence-corrected chi connectivity index (χ3v) is 6.89. The number of carbonyl (C=O) groups excluding carboxylic acids is 1. The monoisotopic (exact) mass is 481 g/mol. The number of aromatic carboxylic acids is 1. The van der Waals surface area contributed by atoms with Crippen LogP contribution in [0.4, 0.5) is 0 Å². The number of aryl methyl sites for hydroxylation is 1. The minimum Gasteiger partial charge on any atom is -0.478 e. The van der Waals surface area contributed by atoms with Crippen molar-refractivity contribution >= 4 is 38.8 Å². The summed E-state index contributed by atoms with van der Waals surface area (Å²) >= 11 is 3.49. The Kier molecular flexibility index (Phi) is 5.08. The number of benzene rings is 2. The molecule has 1 unspecified atom stereocenters. The van der Waals surface area contributed by atoms with Crippen molar-refractivity contribution in [1.82, 2.24) is 14.5 Å². The van der Waals surface area contributed by atoms with E-state index in [1.165, 1.54) is 0 Å². The summed E-state index contributed by atoms with van der Waals surface area (Å²) in [6, 6.07) is 11.4. The fourth-order valence-corrected chi connectivity index (χ4v) is 4.81. The Morgan fingerprint density at radius 1 is 1.16 bits per heavy atom. The van der Waals surface area contributed by atoms with Crippen LogP contribution in [0.1, 0.15) is 35.2 Å². The molecule has 2 aromatic carbocycles. The Morgan fingerprint density at radius 2 is 1.90 bits per heavy atom. The number of fused-ring (bicyclic) bond motifs is 1. The SMILES string of the molecule is Cc1cc(C(=O)O)cc2c1nc(-c1ccc(Br)cc1)n2CC1CCN(C(=O)C2CC2)C1. The quantitative estimate of drug-likeness (QED) is 0.571. The first kappa shape index (κ1) is 20.2. The summed E-state index contributed by atoms with van der Waals surface area (Å²) in [6.07, 6.45) is 3.00. The van der Waals surface area contributed by atoms with Gasteiger partial charge in [0.15, 0.2) is 0 Å². The zero-order valence-electron chi connectivity index (χ0n) is 17.3. The summed E-state index contributed by atoms with van der Waals surface area (Å²) < 4.78 is 3.14. The maximum Gasteiger partial charge on any atom is 0.335 e. The molecule has 5 rings (SSSR count). The van der Waals surface area contributed by atoms with Crippen LogP contribution in [-0.2, 0) is 11.3 Å². The molecule has 31 heavy (non-hydrogen) atoms. The van der Waals surface area contributed by atoms with Gasteiger partial charge in [-0.1, -0.05) is 28.1 Å². The number of carboxylic acids is 1. The van der Waals surface area contributed by atoms with Crippen LogP contribution in [0, 0.1) is 18.8 Å². The topological polar surface area (TPSA) is 75.4 Å². The molecule has 1 aliphatic heterocycles. The van der Waals surface area contributed by atoms with Gasteiger partial charge in [-0.25, -0.2) is 9.78 Å². The van der Waals surface area contributed by atoms with Crippen LogP contribution >= 0.6 is 15.9 Å². The van der Waals surface area contributed by atoms with Crippen molar-refractivity contribution in [1.29, 1.82) is 0 Å². The molecule has 1 aromatic heterocycles. The lowest BCUT2D eigenvalue weighted by molar-refractivity contribution is -0.131. The second kappa shape index (κ2) is 7.79. The Bertz CT molecular complexity index is 1180. The Labute approximate surface area is 189 Å². The molecule has 0 bridgehead atoms. The molecule has 2 fully saturated rings. The van der Waals surface area contributed by atoms with Crippen LogP contribution in [0.2, 0.25) is 0 Å². The van der Waals surface area contributed by atoms with Gasteiger partial charge in [0, 0.05) is 35.6 Å². The molecule has 160 valence electrons. The molecule has 7 heteroatoms. The van der Waals surface area contributed by atoms with Crippen molar-refractivity contribution < 1.29 is 14.7 Å². The summed E-state index contributed by atoms with van der Waals surface area (Å²) in [7, 11) is 0. The van der Waals surface area contributed by atoms with E-state index in [1.807, 2.05) is 36.1 Å². The van der Waals surface area contributed by atoms with E-state index in [0.29, 0.717) is 18.4 Å². The predicted octanol–water partition coefficient (Wildman–Crippen LogP) is 4.73. The first-order chi connectivity index (χ1) is 14.9. The first-order valence-electron chi connectivity index (χ1n) is 10.7. The number of carboxylic acid groups (broad SMARTS) is 1. The third-order valence-electron chi connectivity index (χ3n) is 6.36. The molecule has 1 saturated carbocycles. The highest BCUT2D eigenvalue weighted by molar-refractivity contribution is 9.10. The Balaban J connectivity index is 1.55. The molecule has 3 aromatic rings. The zero-order chi connectivity index (χ0) is 21.7. The van der Waals surface area contributed by atoms with Gasteiger partial charge >= 0.3 is 5.97 Å². The number of hydrogen-bond donors (Lipinski definition) is 1. The van der Waals surface area contributed by atoms with E-state index in [1.54, 1.807) is 12.1 Å². The van der Waals surface area contributed by atoms with Crippen molar-refractivity contribution in [3.05, 3.63) is 52.0 Å². The Hall–Kier alpha value is -2.67. The fraction of sp³-hybridized carbons (Fsp3) is 0.375. The molecule has 2 heterocycles. The lowest BCUT2D eigenvalue weighted by Crippen LogP contribution is -2.30. The highest BCUT2D eigenvalue weighted by atomic mass is 79.9. The van der Waals surface area contributed by atoms with Crippen molar-refractivity contribution in [2.24, 2.45) is 11.8 Å². The third kappa shape index (κ3) is 3.87. The van der Waals surface area contributed by atoms with Gasteiger partial charge in [0.25, 0.3) is 0 Å². The van der Waals surface area contributed by atoms with Crippen molar-refractivity contribution in [2.75, 3.05) is 13.1 Å². The van der Waals surface area contributed by atoms with Crippen LogP contribution in [-0.4, -0.2) is 44.5 Å². The zero-order valence-corrected chi connectivity index (χ0v) is 18.9. The van der Waals surface area contributed by atoms with E-state index in [9.17, 15) is 14.7 Å². The van der Waals surface area contributed by atoms with E-state index >= 15 is 0 Å². The largest absolute Gasteiger partial charge is 0.478 e. The van der Waals surface area contributed by atoms with E-state index in [4.69, 9.17) is 4.98 Å². The second-order valence-electron chi connectivity index (χ2n) is 8.73. The Morgan fingerprint density at radius 3 is 2.58 bits per heavy atom. The van der Waals surface area contributed by atoms with E-state index < -0.39 is 5.97 Å². The maximum absolute atomic E-state index is 12.5.